The second-order valence-corrected chi connectivity index (χ2v) is 5.89. The lowest BCUT2D eigenvalue weighted by atomic mass is 9.93. The monoisotopic (exact) mass is 323 g/mol. The molecule has 0 bridgehead atoms. The van der Waals surface area contributed by atoms with Gasteiger partial charge in [0.05, 0.1) is 18.7 Å². The molecule has 2 aromatic heterocycles. The number of imidazole rings is 1. The van der Waals surface area contributed by atoms with Crippen LogP contribution >= 0.6 is 0 Å². The van der Waals surface area contributed by atoms with Crippen LogP contribution in [0.25, 0.3) is 0 Å². The van der Waals surface area contributed by atoms with Gasteiger partial charge in [-0.1, -0.05) is 30.3 Å². The fraction of sp³-hybridized carbons (Fsp3) is 0.263. The SMILES string of the molecule is CN(Cc1nccn1C)C(=O)C[C@@H](c1ccccc1)c1ccco1. The molecule has 0 saturated carbocycles. The van der Waals surface area contributed by atoms with Gasteiger partial charge in [0.25, 0.3) is 0 Å². The predicted molar refractivity (Wildman–Crippen MR) is 91.3 cm³/mol. The average molecular weight is 323 g/mol. The van der Waals surface area contributed by atoms with Gasteiger partial charge < -0.3 is 13.9 Å². The van der Waals surface area contributed by atoms with Crippen molar-refractivity contribution in [3.8, 4) is 0 Å². The van der Waals surface area contributed by atoms with Crippen LogP contribution < -0.4 is 0 Å². The van der Waals surface area contributed by atoms with E-state index in [2.05, 4.69) is 4.98 Å². The summed E-state index contributed by atoms with van der Waals surface area (Å²) in [6, 6.07) is 13.8. The molecular formula is C19H21N3O2. The molecule has 124 valence electrons. The maximum absolute atomic E-state index is 12.7. The first-order chi connectivity index (χ1) is 11.6. The Morgan fingerprint density at radius 3 is 2.67 bits per heavy atom. The first-order valence-corrected chi connectivity index (χ1v) is 7.93. The number of aryl methyl sites for hydroxylation is 1. The summed E-state index contributed by atoms with van der Waals surface area (Å²) in [5.41, 5.74) is 1.08. The number of nitrogens with zero attached hydrogens (tertiary/aromatic N) is 3. The number of carbonyl (C=O) groups is 1. The molecule has 0 N–H and O–H groups in total. The van der Waals surface area contributed by atoms with E-state index >= 15 is 0 Å². The minimum atomic E-state index is -0.0856. The first-order valence-electron chi connectivity index (χ1n) is 7.93. The maximum Gasteiger partial charge on any atom is 0.223 e. The van der Waals surface area contributed by atoms with Gasteiger partial charge in [-0.2, -0.15) is 0 Å². The lowest BCUT2D eigenvalue weighted by Crippen LogP contribution is -2.29. The summed E-state index contributed by atoms with van der Waals surface area (Å²) in [6.07, 6.45) is 5.62. The highest BCUT2D eigenvalue weighted by Crippen LogP contribution is 2.29. The van der Waals surface area contributed by atoms with Crippen LogP contribution in [0.2, 0.25) is 0 Å². The molecule has 5 heteroatoms. The predicted octanol–water partition coefficient (Wildman–Crippen LogP) is 3.19. The zero-order valence-corrected chi connectivity index (χ0v) is 13.9. The molecule has 0 aliphatic rings. The molecule has 0 radical (unpaired) electrons. The minimum absolute atomic E-state index is 0.0586. The Labute approximate surface area is 141 Å². The molecule has 3 rings (SSSR count). The fourth-order valence-corrected chi connectivity index (χ4v) is 2.74. The van der Waals surface area contributed by atoms with Gasteiger partial charge in [-0.3, -0.25) is 4.79 Å². The van der Waals surface area contributed by atoms with Gasteiger partial charge in [0.1, 0.15) is 11.6 Å². The van der Waals surface area contributed by atoms with Gasteiger partial charge in [-0.05, 0) is 17.7 Å². The highest BCUT2D eigenvalue weighted by Gasteiger charge is 2.23. The molecule has 0 saturated heterocycles. The third-order valence-corrected chi connectivity index (χ3v) is 4.19. The number of hydrogen-bond donors (Lipinski definition) is 0. The van der Waals surface area contributed by atoms with Crippen LogP contribution in [0.1, 0.15) is 29.5 Å². The number of furan rings is 1. The number of hydrogen-bond acceptors (Lipinski definition) is 3. The summed E-state index contributed by atoms with van der Waals surface area (Å²) < 4.78 is 7.49. The van der Waals surface area contributed by atoms with E-state index in [4.69, 9.17) is 4.42 Å². The van der Waals surface area contributed by atoms with Gasteiger partial charge in [0.15, 0.2) is 0 Å². The van der Waals surface area contributed by atoms with Crippen molar-refractivity contribution < 1.29 is 9.21 Å². The molecule has 1 aromatic carbocycles. The third kappa shape index (κ3) is 3.56. The number of rotatable bonds is 6. The summed E-state index contributed by atoms with van der Waals surface area (Å²) in [5.74, 6) is 1.64. The molecule has 0 fully saturated rings. The Balaban J connectivity index is 1.75. The van der Waals surface area contributed by atoms with E-state index in [1.807, 2.05) is 60.3 Å². The quantitative estimate of drug-likeness (QED) is 0.700. The second-order valence-electron chi connectivity index (χ2n) is 5.89. The van der Waals surface area contributed by atoms with Crippen LogP contribution in [-0.2, 0) is 18.4 Å². The van der Waals surface area contributed by atoms with Gasteiger partial charge in [-0.25, -0.2) is 4.98 Å². The molecule has 0 aliphatic carbocycles. The Morgan fingerprint density at radius 2 is 2.04 bits per heavy atom. The van der Waals surface area contributed by atoms with Crippen LogP contribution in [0.5, 0.6) is 0 Å². The summed E-state index contributed by atoms with van der Waals surface area (Å²) in [6.45, 7) is 0.488. The van der Waals surface area contributed by atoms with Crippen LogP contribution in [0.15, 0.2) is 65.5 Å². The Bertz CT molecular complexity index is 778. The molecule has 0 aliphatic heterocycles. The highest BCUT2D eigenvalue weighted by atomic mass is 16.3. The molecule has 1 atom stereocenters. The Kier molecular flexibility index (Phi) is 4.79. The van der Waals surface area contributed by atoms with Crippen molar-refractivity contribution in [1.82, 2.24) is 14.5 Å². The highest BCUT2D eigenvalue weighted by molar-refractivity contribution is 5.77. The van der Waals surface area contributed by atoms with E-state index in [1.165, 1.54) is 0 Å². The van der Waals surface area contributed by atoms with E-state index in [9.17, 15) is 4.79 Å². The van der Waals surface area contributed by atoms with E-state index in [-0.39, 0.29) is 11.8 Å². The lowest BCUT2D eigenvalue weighted by Gasteiger charge is -2.21. The molecular weight excluding hydrogens is 302 g/mol. The van der Waals surface area contributed by atoms with Crippen molar-refractivity contribution in [3.63, 3.8) is 0 Å². The van der Waals surface area contributed by atoms with Crippen LogP contribution in [0.3, 0.4) is 0 Å². The van der Waals surface area contributed by atoms with Crippen molar-refractivity contribution in [2.45, 2.75) is 18.9 Å². The number of amides is 1. The van der Waals surface area contributed by atoms with E-state index in [1.54, 1.807) is 24.4 Å². The van der Waals surface area contributed by atoms with Crippen LogP contribution in [0.4, 0.5) is 0 Å². The van der Waals surface area contributed by atoms with Crippen molar-refractivity contribution in [2.75, 3.05) is 7.05 Å². The fourth-order valence-electron chi connectivity index (χ4n) is 2.74. The van der Waals surface area contributed by atoms with Gasteiger partial charge in [0, 0.05) is 32.9 Å². The second kappa shape index (κ2) is 7.17. The standard InChI is InChI=1S/C19H21N3O2/c1-21-11-10-20-18(21)14-22(2)19(23)13-16(17-9-6-12-24-17)15-7-4-3-5-8-15/h3-12,16H,13-14H2,1-2H3/t16-/m0/s1. The molecule has 1 amide bonds. The van der Waals surface area contributed by atoms with Crippen molar-refractivity contribution in [3.05, 3.63) is 78.3 Å². The number of benzene rings is 1. The van der Waals surface area contributed by atoms with Crippen LogP contribution in [0, 0.1) is 0 Å². The summed E-state index contributed by atoms with van der Waals surface area (Å²) in [4.78, 5) is 18.7. The van der Waals surface area contributed by atoms with Gasteiger partial charge >= 0.3 is 0 Å². The lowest BCUT2D eigenvalue weighted by molar-refractivity contribution is -0.130. The van der Waals surface area contributed by atoms with Gasteiger partial charge in [0.2, 0.25) is 5.91 Å². The Morgan fingerprint density at radius 1 is 1.25 bits per heavy atom. The Hall–Kier alpha value is -2.82. The van der Waals surface area contributed by atoms with E-state index in [0.29, 0.717) is 13.0 Å². The summed E-state index contributed by atoms with van der Waals surface area (Å²) >= 11 is 0. The zero-order valence-electron chi connectivity index (χ0n) is 13.9. The topological polar surface area (TPSA) is 51.3 Å². The van der Waals surface area contributed by atoms with Crippen LogP contribution in [-0.4, -0.2) is 27.4 Å². The molecule has 5 nitrogen and oxygen atoms in total. The molecule has 2 heterocycles. The maximum atomic E-state index is 12.7. The summed E-state index contributed by atoms with van der Waals surface area (Å²) in [5, 5.41) is 0. The third-order valence-electron chi connectivity index (χ3n) is 4.19. The van der Waals surface area contributed by atoms with Gasteiger partial charge in [-0.15, -0.1) is 0 Å². The van der Waals surface area contributed by atoms with Crippen molar-refractivity contribution in [2.24, 2.45) is 7.05 Å². The van der Waals surface area contributed by atoms with E-state index in [0.717, 1.165) is 17.1 Å². The molecule has 0 spiro atoms. The number of carbonyl (C=O) groups excluding carboxylic acids is 1. The minimum Gasteiger partial charge on any atom is -0.469 e. The average Bonchev–Trinajstić information content (AvgIpc) is 3.26. The zero-order chi connectivity index (χ0) is 16.9. The largest absolute Gasteiger partial charge is 0.469 e. The van der Waals surface area contributed by atoms with Crippen molar-refractivity contribution >= 4 is 5.91 Å². The normalized spacial score (nSPS) is 12.1. The summed E-state index contributed by atoms with van der Waals surface area (Å²) in [7, 11) is 3.73. The smallest absolute Gasteiger partial charge is 0.223 e. The molecule has 3 aromatic rings. The van der Waals surface area contributed by atoms with E-state index < -0.39 is 0 Å². The van der Waals surface area contributed by atoms with Crippen molar-refractivity contribution in [1.29, 1.82) is 0 Å². The number of aromatic nitrogens is 2. The first kappa shape index (κ1) is 16.1. The molecule has 24 heavy (non-hydrogen) atoms. The molecule has 0 unspecified atom stereocenters.